The van der Waals surface area contributed by atoms with E-state index in [1.807, 2.05) is 30.3 Å². The quantitative estimate of drug-likeness (QED) is 0.0558. The minimum atomic E-state index is -3.47. The van der Waals surface area contributed by atoms with Crippen LogP contribution in [0.5, 0.6) is 11.5 Å². The molecule has 316 valence electrons. The number of amides is 2. The number of halogens is 1. The van der Waals surface area contributed by atoms with Crippen LogP contribution in [0.1, 0.15) is 37.7 Å². The van der Waals surface area contributed by atoms with Crippen LogP contribution in [0.15, 0.2) is 72.9 Å². The summed E-state index contributed by atoms with van der Waals surface area (Å²) in [4.78, 5) is 37.8. The summed E-state index contributed by atoms with van der Waals surface area (Å²) in [5.74, 6) is 0.984. The van der Waals surface area contributed by atoms with E-state index in [1.165, 1.54) is 16.6 Å². The molecule has 2 amide bonds. The van der Waals surface area contributed by atoms with Gasteiger partial charge in [-0.05, 0) is 92.4 Å². The molecule has 60 heavy (non-hydrogen) atoms. The molecule has 0 aliphatic carbocycles. The van der Waals surface area contributed by atoms with E-state index in [2.05, 4.69) is 41.5 Å². The van der Waals surface area contributed by atoms with Gasteiger partial charge < -0.3 is 40.6 Å². The van der Waals surface area contributed by atoms with Crippen LogP contribution in [-0.4, -0.2) is 99.5 Å². The Morgan fingerprint density at radius 1 is 0.900 bits per heavy atom. The molecule has 5 heterocycles. The van der Waals surface area contributed by atoms with Crippen molar-refractivity contribution in [3.8, 4) is 11.5 Å². The summed E-state index contributed by atoms with van der Waals surface area (Å²) in [6.45, 7) is 4.87. The predicted octanol–water partition coefficient (Wildman–Crippen LogP) is 4.71. The zero-order valence-corrected chi connectivity index (χ0v) is 34.1. The van der Waals surface area contributed by atoms with Gasteiger partial charge in [-0.1, -0.05) is 12.1 Å². The van der Waals surface area contributed by atoms with Gasteiger partial charge in [-0.3, -0.25) is 19.2 Å². The highest BCUT2D eigenvalue weighted by molar-refractivity contribution is 7.92. The van der Waals surface area contributed by atoms with Crippen molar-refractivity contribution in [2.24, 2.45) is 0 Å². The Hall–Kier alpha value is -5.98. The Morgan fingerprint density at radius 3 is 2.50 bits per heavy atom. The Labute approximate surface area is 347 Å². The third-order valence-corrected chi connectivity index (χ3v) is 12.0. The summed E-state index contributed by atoms with van der Waals surface area (Å²) in [6.07, 6.45) is 6.19. The molecule has 18 heteroatoms. The SMILES string of the molecule is CS(=O)(=O)N1CCc2cccc(Nc3nc(Nc4ccc(N5CCC(NCCNCCCOc6ccc(OC7CCC(=O)NC7=O)cc6)CC5)c(F)c4)nc4[nH]ccc34)c21. The summed E-state index contributed by atoms with van der Waals surface area (Å²) in [6, 6.07) is 20.0. The highest BCUT2D eigenvalue weighted by Gasteiger charge is 2.30. The van der Waals surface area contributed by atoms with Crippen molar-refractivity contribution in [3.63, 3.8) is 0 Å². The lowest BCUT2D eigenvalue weighted by molar-refractivity contribution is -0.138. The molecule has 2 fully saturated rings. The van der Waals surface area contributed by atoms with E-state index < -0.39 is 22.0 Å². The van der Waals surface area contributed by atoms with Crippen molar-refractivity contribution in [3.05, 3.63) is 84.3 Å². The van der Waals surface area contributed by atoms with Crippen LogP contribution < -0.4 is 45.3 Å². The highest BCUT2D eigenvalue weighted by atomic mass is 32.2. The maximum atomic E-state index is 15.6. The molecule has 2 aromatic heterocycles. The molecule has 1 atom stereocenters. The van der Waals surface area contributed by atoms with E-state index in [4.69, 9.17) is 14.5 Å². The maximum absolute atomic E-state index is 15.6. The molecule has 5 aromatic rings. The molecule has 3 aromatic carbocycles. The number of carbonyl (C=O) groups is 2. The van der Waals surface area contributed by atoms with Gasteiger partial charge in [-0.25, -0.2) is 12.8 Å². The first-order valence-electron chi connectivity index (χ1n) is 20.3. The first-order chi connectivity index (χ1) is 29.1. The van der Waals surface area contributed by atoms with Crippen LogP contribution >= 0.6 is 0 Å². The van der Waals surface area contributed by atoms with Gasteiger partial charge in [-0.2, -0.15) is 9.97 Å². The van der Waals surface area contributed by atoms with E-state index in [9.17, 15) is 18.0 Å². The van der Waals surface area contributed by atoms with Crippen molar-refractivity contribution >= 4 is 67.4 Å². The minimum absolute atomic E-state index is 0.255. The molecule has 3 aliphatic rings. The number of rotatable bonds is 17. The number of anilines is 6. The maximum Gasteiger partial charge on any atom is 0.267 e. The zero-order valence-electron chi connectivity index (χ0n) is 33.3. The van der Waals surface area contributed by atoms with Gasteiger partial charge in [0.1, 0.15) is 28.8 Å². The molecule has 2 saturated heterocycles. The topological polar surface area (TPSA) is 195 Å². The first-order valence-corrected chi connectivity index (χ1v) is 22.1. The lowest BCUT2D eigenvalue weighted by atomic mass is 10.0. The third kappa shape index (κ3) is 9.72. The van der Waals surface area contributed by atoms with Crippen LogP contribution in [0.3, 0.4) is 0 Å². The van der Waals surface area contributed by atoms with Gasteiger partial charge in [0.05, 0.1) is 35.3 Å². The van der Waals surface area contributed by atoms with Crippen molar-refractivity contribution in [1.82, 2.24) is 30.9 Å². The Bertz CT molecular complexity index is 2440. The third-order valence-electron chi connectivity index (χ3n) is 10.9. The number of benzene rings is 3. The van der Waals surface area contributed by atoms with Gasteiger partial charge in [-0.15, -0.1) is 0 Å². The number of nitrogens with zero attached hydrogens (tertiary/aromatic N) is 4. The lowest BCUT2D eigenvalue weighted by Crippen LogP contribution is -2.46. The minimum Gasteiger partial charge on any atom is -0.494 e. The van der Waals surface area contributed by atoms with Gasteiger partial charge in [0.15, 0.2) is 6.10 Å². The number of fused-ring (bicyclic) bond motifs is 2. The number of aromatic nitrogens is 3. The molecule has 0 spiro atoms. The fourth-order valence-electron chi connectivity index (χ4n) is 7.81. The predicted molar refractivity (Wildman–Crippen MR) is 229 cm³/mol. The molecule has 0 saturated carbocycles. The van der Waals surface area contributed by atoms with Crippen LogP contribution in [0.2, 0.25) is 0 Å². The monoisotopic (exact) mass is 840 g/mol. The molecule has 8 rings (SSSR count). The van der Waals surface area contributed by atoms with E-state index in [0.29, 0.717) is 77.7 Å². The van der Waals surface area contributed by atoms with Crippen molar-refractivity contribution in [2.75, 3.05) is 72.0 Å². The van der Waals surface area contributed by atoms with Crippen molar-refractivity contribution in [2.45, 2.75) is 50.7 Å². The number of aromatic amines is 1. The largest absolute Gasteiger partial charge is 0.494 e. The molecular weight excluding hydrogens is 792 g/mol. The fraction of sp³-hybridized carbons (Fsp3) is 0.381. The number of imide groups is 1. The highest BCUT2D eigenvalue weighted by Crippen LogP contribution is 2.39. The summed E-state index contributed by atoms with van der Waals surface area (Å²) in [7, 11) is -3.47. The van der Waals surface area contributed by atoms with Gasteiger partial charge in [0.2, 0.25) is 21.9 Å². The van der Waals surface area contributed by atoms with Crippen molar-refractivity contribution in [1.29, 1.82) is 0 Å². The lowest BCUT2D eigenvalue weighted by Gasteiger charge is -2.34. The number of ether oxygens (including phenoxy) is 2. The summed E-state index contributed by atoms with van der Waals surface area (Å²) in [5.41, 5.74) is 3.79. The number of piperidine rings is 2. The van der Waals surface area contributed by atoms with Crippen LogP contribution in [-0.2, 0) is 26.0 Å². The Morgan fingerprint density at radius 2 is 1.72 bits per heavy atom. The fourth-order valence-corrected chi connectivity index (χ4v) is 8.78. The van der Waals surface area contributed by atoms with E-state index in [0.717, 1.165) is 62.9 Å². The average molecular weight is 841 g/mol. The van der Waals surface area contributed by atoms with E-state index in [-0.39, 0.29) is 24.1 Å². The second-order valence-corrected chi connectivity index (χ2v) is 17.1. The van der Waals surface area contributed by atoms with Crippen LogP contribution in [0, 0.1) is 5.82 Å². The molecule has 3 aliphatic heterocycles. The standard InChI is InChI=1S/C42H49FN10O6S/c1-60(56,57)53-24-15-27-4-2-5-34(38(27)53)48-40-32-14-19-46-39(32)50-42(51-40)47-29-6-11-35(33(43)26-29)52-22-16-28(17-23-52)45-21-20-44-18-3-25-58-30-7-9-31(10-8-30)59-36-12-13-37(54)49-41(36)55/h2,4-11,14,19,26,28,36,44-45H,3,12-13,15-18,20-25H2,1H3,(H,49,54,55)(H3,46,47,48,50,51). The Kier molecular flexibility index (Phi) is 12.3. The summed E-state index contributed by atoms with van der Waals surface area (Å²) in [5, 5.41) is 16.6. The van der Waals surface area contributed by atoms with Crippen LogP contribution in [0.25, 0.3) is 11.0 Å². The number of carbonyl (C=O) groups excluding carboxylic acids is 2. The van der Waals surface area contributed by atoms with Crippen molar-refractivity contribution < 1.29 is 31.9 Å². The smallest absolute Gasteiger partial charge is 0.267 e. The molecular formula is C42H49FN10O6S. The Balaban J connectivity index is 0.755. The number of hydrogen-bond acceptors (Lipinski definition) is 13. The second-order valence-electron chi connectivity index (χ2n) is 15.1. The zero-order chi connectivity index (χ0) is 41.6. The average Bonchev–Trinajstić information content (AvgIpc) is 3.90. The normalized spacial score (nSPS) is 17.1. The number of hydrogen-bond donors (Lipinski definition) is 6. The molecule has 0 radical (unpaired) electrons. The summed E-state index contributed by atoms with van der Waals surface area (Å²) >= 11 is 0. The first kappa shape index (κ1) is 40.8. The van der Waals surface area contributed by atoms with Gasteiger partial charge >= 0.3 is 0 Å². The molecule has 1 unspecified atom stereocenters. The van der Waals surface area contributed by atoms with E-state index >= 15 is 4.39 Å². The van der Waals surface area contributed by atoms with Gasteiger partial charge in [0, 0.05) is 63.5 Å². The number of nitrogens with one attached hydrogen (secondary N) is 6. The number of para-hydroxylation sites is 1. The molecule has 0 bridgehead atoms. The second kappa shape index (κ2) is 18.1. The molecule has 16 nitrogen and oxygen atoms in total. The number of H-pyrrole nitrogens is 1. The van der Waals surface area contributed by atoms with Gasteiger partial charge in [0.25, 0.3) is 5.91 Å². The molecule has 6 N–H and O–H groups in total. The van der Waals surface area contributed by atoms with Crippen LogP contribution in [0.4, 0.5) is 38.9 Å². The van der Waals surface area contributed by atoms with E-state index in [1.54, 1.807) is 36.5 Å². The summed E-state index contributed by atoms with van der Waals surface area (Å²) < 4.78 is 53.7. The number of sulfonamides is 1.